The summed E-state index contributed by atoms with van der Waals surface area (Å²) in [4.78, 5) is 50.3. The van der Waals surface area contributed by atoms with Crippen LogP contribution in [0.4, 0.5) is 4.39 Å². The van der Waals surface area contributed by atoms with E-state index in [-0.39, 0.29) is 41.6 Å². The number of piperidine rings is 2. The molecule has 242 valence electrons. The molecule has 2 fully saturated rings. The van der Waals surface area contributed by atoms with E-state index in [4.69, 9.17) is 0 Å². The van der Waals surface area contributed by atoms with Gasteiger partial charge in [-0.2, -0.15) is 0 Å². The number of likely N-dealkylation sites (tertiary alicyclic amines) is 2. The van der Waals surface area contributed by atoms with Gasteiger partial charge in [-0.05, 0) is 60.7 Å². The van der Waals surface area contributed by atoms with Crippen LogP contribution in [0, 0.1) is 11.7 Å². The number of thiophene rings is 1. The van der Waals surface area contributed by atoms with Gasteiger partial charge in [-0.1, -0.05) is 42.5 Å². The Morgan fingerprint density at radius 3 is 2.55 bits per heavy atom. The number of aryl methyl sites for hydroxylation is 1. The Hall–Kier alpha value is -4.61. The normalized spacial score (nSPS) is 19.6. The largest absolute Gasteiger partial charge is 0.388 e. The molecule has 3 aromatic heterocycles. The fourth-order valence-electron chi connectivity index (χ4n) is 7.02. The molecule has 2 amide bonds. The Balaban J connectivity index is 1.04. The maximum Gasteiger partial charge on any atom is 0.263 e. The van der Waals surface area contributed by atoms with E-state index < -0.39 is 5.60 Å². The van der Waals surface area contributed by atoms with Gasteiger partial charge >= 0.3 is 0 Å². The highest BCUT2D eigenvalue weighted by Gasteiger charge is 2.42. The Bertz CT molecular complexity index is 2000. The zero-order valence-electron chi connectivity index (χ0n) is 26.1. The average molecular weight is 654 g/mol. The van der Waals surface area contributed by atoms with E-state index in [2.05, 4.69) is 4.98 Å². The highest BCUT2D eigenvalue weighted by Crippen LogP contribution is 2.37. The van der Waals surface area contributed by atoms with Crippen molar-refractivity contribution in [2.45, 2.75) is 37.3 Å². The van der Waals surface area contributed by atoms with Gasteiger partial charge in [-0.15, -0.1) is 11.3 Å². The molecular formula is C36H36FN5O4S. The maximum absolute atomic E-state index is 14.1. The lowest BCUT2D eigenvalue weighted by Crippen LogP contribution is -2.53. The van der Waals surface area contributed by atoms with Gasteiger partial charge in [0.15, 0.2) is 0 Å². The number of hydrogen-bond donors (Lipinski definition) is 1. The van der Waals surface area contributed by atoms with E-state index in [1.54, 1.807) is 29.0 Å². The first-order valence-corrected chi connectivity index (χ1v) is 16.7. The lowest BCUT2D eigenvalue weighted by Gasteiger charge is -2.43. The smallest absolute Gasteiger partial charge is 0.263 e. The zero-order chi connectivity index (χ0) is 32.7. The van der Waals surface area contributed by atoms with Crippen molar-refractivity contribution in [3.63, 3.8) is 0 Å². The van der Waals surface area contributed by atoms with Crippen LogP contribution in [-0.4, -0.2) is 72.6 Å². The number of amides is 2. The van der Waals surface area contributed by atoms with E-state index in [0.717, 1.165) is 16.0 Å². The van der Waals surface area contributed by atoms with E-state index in [9.17, 15) is 23.9 Å². The third-order valence-corrected chi connectivity index (χ3v) is 10.8. The molecule has 11 heteroatoms. The van der Waals surface area contributed by atoms with Gasteiger partial charge in [-0.3, -0.25) is 19.0 Å². The summed E-state index contributed by atoms with van der Waals surface area (Å²) in [5.41, 5.74) is 1.01. The summed E-state index contributed by atoms with van der Waals surface area (Å²) in [5, 5.41) is 12.0. The van der Waals surface area contributed by atoms with Crippen molar-refractivity contribution in [1.29, 1.82) is 0 Å². The van der Waals surface area contributed by atoms with E-state index in [1.807, 2.05) is 59.3 Å². The minimum Gasteiger partial charge on any atom is -0.388 e. The molecule has 0 radical (unpaired) electrons. The predicted molar refractivity (Wildman–Crippen MR) is 179 cm³/mol. The zero-order valence-corrected chi connectivity index (χ0v) is 26.9. The molecule has 0 aliphatic carbocycles. The van der Waals surface area contributed by atoms with Crippen LogP contribution in [0.2, 0.25) is 0 Å². The lowest BCUT2D eigenvalue weighted by atomic mass is 9.79. The summed E-state index contributed by atoms with van der Waals surface area (Å²) in [5.74, 6) is -0.886. The highest BCUT2D eigenvalue weighted by molar-refractivity contribution is 7.17. The van der Waals surface area contributed by atoms with Gasteiger partial charge in [0.05, 0.1) is 22.4 Å². The van der Waals surface area contributed by atoms with Gasteiger partial charge in [0.25, 0.3) is 11.5 Å². The van der Waals surface area contributed by atoms with Crippen molar-refractivity contribution < 1.29 is 19.1 Å². The molecular weight excluding hydrogens is 617 g/mol. The predicted octanol–water partition coefficient (Wildman–Crippen LogP) is 4.90. The van der Waals surface area contributed by atoms with Crippen molar-refractivity contribution >= 4 is 34.2 Å². The second-order valence-corrected chi connectivity index (χ2v) is 13.8. The molecule has 5 aromatic rings. The van der Waals surface area contributed by atoms with E-state index in [1.165, 1.54) is 34.4 Å². The molecule has 0 bridgehead atoms. The number of benzene rings is 2. The number of hydrogen-bond acceptors (Lipinski definition) is 6. The quantitative estimate of drug-likeness (QED) is 0.281. The molecule has 2 saturated heterocycles. The van der Waals surface area contributed by atoms with Gasteiger partial charge < -0.3 is 19.5 Å². The van der Waals surface area contributed by atoms with Crippen molar-refractivity contribution in [1.82, 2.24) is 23.9 Å². The summed E-state index contributed by atoms with van der Waals surface area (Å²) in [6.45, 7) is 1.72. The van der Waals surface area contributed by atoms with Crippen LogP contribution < -0.4 is 5.56 Å². The lowest BCUT2D eigenvalue weighted by molar-refractivity contribution is -0.142. The van der Waals surface area contributed by atoms with Crippen molar-refractivity contribution in [3.8, 4) is 10.4 Å². The molecule has 0 unspecified atom stereocenters. The third-order valence-electron chi connectivity index (χ3n) is 9.69. The van der Waals surface area contributed by atoms with Crippen LogP contribution in [0.1, 0.15) is 40.4 Å². The number of halogens is 1. The van der Waals surface area contributed by atoms with E-state index in [0.29, 0.717) is 61.4 Å². The summed E-state index contributed by atoms with van der Waals surface area (Å²) < 4.78 is 17.1. The van der Waals surface area contributed by atoms with Crippen LogP contribution in [0.15, 0.2) is 90.1 Å². The Kier molecular flexibility index (Phi) is 8.27. The first-order valence-electron chi connectivity index (χ1n) is 15.9. The molecule has 47 heavy (non-hydrogen) atoms. The number of carbonyl (C=O) groups excluding carboxylic acids is 2. The topological polar surface area (TPSA) is 101 Å². The number of aromatic nitrogens is 3. The molecule has 0 saturated carbocycles. The molecule has 1 N–H and O–H groups in total. The van der Waals surface area contributed by atoms with Crippen molar-refractivity contribution in [2.75, 3.05) is 26.2 Å². The van der Waals surface area contributed by atoms with Crippen LogP contribution in [-0.2, 0) is 18.4 Å². The maximum atomic E-state index is 14.1. The fourth-order valence-corrected chi connectivity index (χ4v) is 7.99. The molecule has 9 nitrogen and oxygen atoms in total. The first-order chi connectivity index (χ1) is 22.7. The molecule has 2 atom stereocenters. The Morgan fingerprint density at radius 2 is 1.79 bits per heavy atom. The minimum atomic E-state index is -1.13. The standard InChI is InChI=1S/C36H36FN5O4S/c1-39-16-12-28-32(39)38-23-42(34(28)44)22-36(46)14-18-40(19-15-36)33(43)27-13-17-41(21-29(27)24-6-3-2-4-7-24)35(45)31-11-10-30(47-31)25-8-5-9-26(37)20-25/h2-12,16,20,23,27,29,46H,13-15,17-19,21-22H2,1H3/t27-,29+/m1/s1. The van der Waals surface area contributed by atoms with Crippen molar-refractivity contribution in [3.05, 3.63) is 112 Å². The first kappa shape index (κ1) is 31.0. The van der Waals surface area contributed by atoms with Crippen LogP contribution in [0.25, 0.3) is 21.5 Å². The molecule has 0 spiro atoms. The summed E-state index contributed by atoms with van der Waals surface area (Å²) >= 11 is 1.34. The highest BCUT2D eigenvalue weighted by atomic mass is 32.1. The number of aliphatic hydroxyl groups is 1. The fraction of sp³-hybridized carbons (Fsp3) is 0.333. The Labute approximate surface area is 275 Å². The number of nitrogens with zero attached hydrogens (tertiary/aromatic N) is 5. The summed E-state index contributed by atoms with van der Waals surface area (Å²) in [7, 11) is 1.83. The molecule has 2 aromatic carbocycles. The molecule has 5 heterocycles. The SMILES string of the molecule is Cn1ccc2c(=O)n(CC3(O)CCN(C(=O)[C@@H]4CCN(C(=O)c5ccc(-c6cccc(F)c6)s5)C[C@H]4c4ccccc4)CC3)cnc21. The summed E-state index contributed by atoms with van der Waals surface area (Å²) in [6, 6.07) is 21.6. The molecule has 2 aliphatic rings. The third kappa shape index (κ3) is 6.13. The van der Waals surface area contributed by atoms with Crippen molar-refractivity contribution in [2.24, 2.45) is 13.0 Å². The second kappa shape index (κ2) is 12.5. The monoisotopic (exact) mass is 653 g/mol. The van der Waals surface area contributed by atoms with Crippen LogP contribution in [0.3, 0.4) is 0 Å². The summed E-state index contributed by atoms with van der Waals surface area (Å²) in [6.07, 6.45) is 4.48. The second-order valence-electron chi connectivity index (χ2n) is 12.7. The van der Waals surface area contributed by atoms with Gasteiger partial charge in [-0.25, -0.2) is 9.37 Å². The average Bonchev–Trinajstić information content (AvgIpc) is 3.74. The number of rotatable bonds is 6. The van der Waals surface area contributed by atoms with Crippen LogP contribution in [0.5, 0.6) is 0 Å². The Morgan fingerprint density at radius 1 is 1.00 bits per heavy atom. The van der Waals surface area contributed by atoms with Gasteiger partial charge in [0.1, 0.15) is 17.8 Å². The number of fused-ring (bicyclic) bond motifs is 1. The molecule has 7 rings (SSSR count). The van der Waals surface area contributed by atoms with Crippen LogP contribution >= 0.6 is 11.3 Å². The number of carbonyl (C=O) groups is 2. The van der Waals surface area contributed by atoms with Gasteiger partial charge in [0.2, 0.25) is 5.91 Å². The molecule has 2 aliphatic heterocycles. The van der Waals surface area contributed by atoms with E-state index >= 15 is 0 Å². The van der Waals surface area contributed by atoms with Gasteiger partial charge in [0, 0.05) is 56.1 Å². The minimum absolute atomic E-state index is 0.0297.